The summed E-state index contributed by atoms with van der Waals surface area (Å²) in [5, 5.41) is 7.43. The summed E-state index contributed by atoms with van der Waals surface area (Å²) < 4.78 is 0. The van der Waals surface area contributed by atoms with E-state index in [1.807, 2.05) is 0 Å². The molecule has 0 unspecified atom stereocenters. The molecule has 0 spiro atoms. The van der Waals surface area contributed by atoms with Crippen LogP contribution in [0.3, 0.4) is 0 Å². The molecule has 0 N–H and O–H groups in total. The predicted octanol–water partition coefficient (Wildman–Crippen LogP) is 15.9. The maximum absolute atomic E-state index is 2.58. The van der Waals surface area contributed by atoms with Gasteiger partial charge < -0.3 is 4.90 Å². The van der Waals surface area contributed by atoms with Gasteiger partial charge in [0.1, 0.15) is 0 Å². The van der Waals surface area contributed by atoms with Crippen molar-refractivity contribution in [1.82, 2.24) is 0 Å². The Kier molecular flexibility index (Phi) is 7.91. The predicted molar refractivity (Wildman–Crippen MR) is 248 cm³/mol. The van der Waals surface area contributed by atoms with Crippen molar-refractivity contribution in [3.8, 4) is 44.5 Å². The third kappa shape index (κ3) is 5.46. The second-order valence-electron chi connectivity index (χ2n) is 16.1. The first-order valence-electron chi connectivity index (χ1n) is 20.3. The zero-order valence-electron chi connectivity index (χ0n) is 32.7. The summed E-state index contributed by atoms with van der Waals surface area (Å²) in [5.41, 5.74) is 15.7. The van der Waals surface area contributed by atoms with Crippen molar-refractivity contribution >= 4 is 49.4 Å². The average molecular weight is 740 g/mol. The largest absolute Gasteiger partial charge is 0.309 e. The molecule has 274 valence electrons. The molecule has 1 nitrogen and oxygen atoms in total. The summed E-state index contributed by atoms with van der Waals surface area (Å²) in [4.78, 5) is 2.58. The van der Waals surface area contributed by atoms with Gasteiger partial charge in [0, 0.05) is 22.1 Å². The average Bonchev–Trinajstić information content (AvgIpc) is 3.51. The molecular weight excluding hydrogens is 699 g/mol. The molecule has 1 aliphatic carbocycles. The molecule has 0 fully saturated rings. The van der Waals surface area contributed by atoms with Crippen molar-refractivity contribution in [3.05, 3.63) is 223 Å². The second-order valence-corrected chi connectivity index (χ2v) is 16.1. The summed E-state index contributed by atoms with van der Waals surface area (Å²) in [6.45, 7) is 4.78. The Morgan fingerprint density at radius 2 is 0.879 bits per heavy atom. The molecule has 0 heterocycles. The third-order valence-electron chi connectivity index (χ3n) is 12.4. The zero-order valence-corrected chi connectivity index (χ0v) is 32.7. The van der Waals surface area contributed by atoms with Crippen molar-refractivity contribution in [3.63, 3.8) is 0 Å². The molecule has 0 radical (unpaired) electrons. The highest BCUT2D eigenvalue weighted by Crippen LogP contribution is 2.57. The van der Waals surface area contributed by atoms with E-state index in [-0.39, 0.29) is 5.41 Å². The Hall–Kier alpha value is -7.22. The normalized spacial score (nSPS) is 12.8. The first kappa shape index (κ1) is 34.1. The number of rotatable bonds is 6. The van der Waals surface area contributed by atoms with E-state index in [2.05, 4.69) is 231 Å². The van der Waals surface area contributed by atoms with Crippen LogP contribution in [-0.2, 0) is 5.41 Å². The second kappa shape index (κ2) is 13.5. The van der Waals surface area contributed by atoms with Crippen LogP contribution < -0.4 is 4.90 Å². The summed E-state index contributed by atoms with van der Waals surface area (Å²) in [6.07, 6.45) is 0. The quantitative estimate of drug-likeness (QED) is 0.164. The van der Waals surface area contributed by atoms with Crippen LogP contribution in [0.2, 0.25) is 0 Å². The lowest BCUT2D eigenvalue weighted by Crippen LogP contribution is -2.16. The van der Waals surface area contributed by atoms with Crippen molar-refractivity contribution in [2.75, 3.05) is 4.90 Å². The Balaban J connectivity index is 1.27. The highest BCUT2D eigenvalue weighted by Gasteiger charge is 2.39. The highest BCUT2D eigenvalue weighted by molar-refractivity contribution is 6.10. The molecule has 58 heavy (non-hydrogen) atoms. The fraction of sp³-hybridized carbons (Fsp3) is 0.0526. The van der Waals surface area contributed by atoms with Gasteiger partial charge in [0.25, 0.3) is 0 Å². The van der Waals surface area contributed by atoms with E-state index in [1.54, 1.807) is 0 Å². The van der Waals surface area contributed by atoms with E-state index in [9.17, 15) is 0 Å². The van der Waals surface area contributed by atoms with Crippen LogP contribution in [0.5, 0.6) is 0 Å². The summed E-state index contributed by atoms with van der Waals surface area (Å²) in [6, 6.07) is 78.5. The van der Waals surface area contributed by atoms with Crippen LogP contribution >= 0.6 is 0 Å². The van der Waals surface area contributed by atoms with E-state index >= 15 is 0 Å². The van der Waals surface area contributed by atoms with Crippen LogP contribution in [0.4, 0.5) is 17.1 Å². The molecule has 0 amide bonds. The molecule has 0 atom stereocenters. The van der Waals surface area contributed by atoms with Crippen LogP contribution in [0.25, 0.3) is 76.8 Å². The fourth-order valence-electron chi connectivity index (χ4n) is 9.51. The first-order valence-corrected chi connectivity index (χ1v) is 20.3. The molecule has 11 rings (SSSR count). The summed E-state index contributed by atoms with van der Waals surface area (Å²) >= 11 is 0. The van der Waals surface area contributed by atoms with Gasteiger partial charge in [0.15, 0.2) is 0 Å². The van der Waals surface area contributed by atoms with E-state index in [0.29, 0.717) is 0 Å². The van der Waals surface area contributed by atoms with E-state index in [1.165, 1.54) is 93.6 Å². The monoisotopic (exact) mass is 739 g/mol. The minimum absolute atomic E-state index is 0.194. The van der Waals surface area contributed by atoms with Crippen molar-refractivity contribution in [2.45, 2.75) is 19.3 Å². The van der Waals surface area contributed by atoms with Crippen LogP contribution in [0.1, 0.15) is 25.0 Å². The highest BCUT2D eigenvalue weighted by atomic mass is 15.2. The molecule has 0 aliphatic heterocycles. The number of nitrogens with zero attached hydrogens (tertiary/aromatic N) is 1. The van der Waals surface area contributed by atoms with Gasteiger partial charge in [-0.1, -0.05) is 184 Å². The van der Waals surface area contributed by atoms with Gasteiger partial charge in [-0.3, -0.25) is 0 Å². The number of benzene rings is 10. The molecule has 0 saturated heterocycles. The van der Waals surface area contributed by atoms with Crippen molar-refractivity contribution in [2.24, 2.45) is 0 Å². The Bertz CT molecular complexity index is 3190. The van der Waals surface area contributed by atoms with E-state index in [0.717, 1.165) is 11.4 Å². The van der Waals surface area contributed by atoms with Crippen LogP contribution in [0, 0.1) is 0 Å². The fourth-order valence-corrected chi connectivity index (χ4v) is 9.51. The van der Waals surface area contributed by atoms with E-state index < -0.39 is 0 Å². The van der Waals surface area contributed by atoms with Gasteiger partial charge in [0.2, 0.25) is 0 Å². The Labute approximate surface area is 340 Å². The van der Waals surface area contributed by atoms with Crippen LogP contribution in [-0.4, -0.2) is 0 Å². The molecular formula is C57H41N. The lowest BCUT2D eigenvalue weighted by Gasteiger charge is -2.33. The minimum Gasteiger partial charge on any atom is -0.309 e. The lowest BCUT2D eigenvalue weighted by molar-refractivity contribution is 0.661. The first-order chi connectivity index (χ1) is 28.5. The van der Waals surface area contributed by atoms with E-state index in [4.69, 9.17) is 0 Å². The van der Waals surface area contributed by atoms with Crippen molar-refractivity contribution in [1.29, 1.82) is 0 Å². The molecule has 0 aromatic heterocycles. The molecule has 10 aromatic rings. The zero-order chi connectivity index (χ0) is 38.8. The van der Waals surface area contributed by atoms with Gasteiger partial charge in [0.05, 0.1) is 17.1 Å². The lowest BCUT2D eigenvalue weighted by atomic mass is 9.82. The molecule has 1 heteroatoms. The molecule has 10 aromatic carbocycles. The number of fused-ring (bicyclic) bond motifs is 6. The van der Waals surface area contributed by atoms with Gasteiger partial charge >= 0.3 is 0 Å². The molecule has 0 bridgehead atoms. The smallest absolute Gasteiger partial charge is 0.0547 e. The molecule has 0 saturated carbocycles. The standard InChI is InChI=1S/C57H41N/c1-57(2)50-26-15-27-53(56(50)49-36-43-23-11-12-24-44(43)37-51(49)57)58(52-32-31-45(38-16-5-3-6-17-38)35-48(52)40-19-7-4-8-20-40)54-33-30-41-21-13-14-25-47(41)55(54)46-29-28-39-18-9-10-22-42(39)34-46/h3-37H,1-2H3. The van der Waals surface area contributed by atoms with Gasteiger partial charge in [-0.2, -0.15) is 0 Å². The number of hydrogen-bond acceptors (Lipinski definition) is 1. The van der Waals surface area contributed by atoms with Crippen LogP contribution in [0.15, 0.2) is 212 Å². The minimum atomic E-state index is -0.194. The number of hydrogen-bond donors (Lipinski definition) is 0. The van der Waals surface area contributed by atoms with Crippen molar-refractivity contribution < 1.29 is 0 Å². The summed E-state index contributed by atoms with van der Waals surface area (Å²) in [7, 11) is 0. The number of anilines is 3. The maximum atomic E-state index is 2.58. The Morgan fingerprint density at radius 1 is 0.310 bits per heavy atom. The SMILES string of the molecule is CC1(C)c2cc3ccccc3cc2-c2c(N(c3ccc(-c4ccccc4)cc3-c3ccccc3)c3ccc4ccccc4c3-c3ccc4ccccc4c3)cccc21. The Morgan fingerprint density at radius 3 is 1.64 bits per heavy atom. The van der Waals surface area contributed by atoms with Gasteiger partial charge in [-0.05, 0) is 114 Å². The van der Waals surface area contributed by atoms with Gasteiger partial charge in [-0.15, -0.1) is 0 Å². The maximum Gasteiger partial charge on any atom is 0.0547 e. The topological polar surface area (TPSA) is 3.24 Å². The molecule has 1 aliphatic rings. The summed E-state index contributed by atoms with van der Waals surface area (Å²) in [5.74, 6) is 0. The van der Waals surface area contributed by atoms with Gasteiger partial charge in [-0.25, -0.2) is 0 Å². The third-order valence-corrected chi connectivity index (χ3v) is 12.4.